The molecule has 0 aliphatic heterocycles. The number of hydrogen-bond acceptors (Lipinski definition) is 1. The van der Waals surface area contributed by atoms with Gasteiger partial charge in [0.2, 0.25) is 0 Å². The highest BCUT2D eigenvalue weighted by Gasteiger charge is 2.16. The van der Waals surface area contributed by atoms with Crippen LogP contribution in [0, 0.1) is 5.82 Å². The average molecular weight is 333 g/mol. The Morgan fingerprint density at radius 2 is 1.65 bits per heavy atom. The molecular formula is C15H13Cl3FN. The summed E-state index contributed by atoms with van der Waals surface area (Å²) in [5.41, 5.74) is 1.78. The lowest BCUT2D eigenvalue weighted by Gasteiger charge is -2.14. The summed E-state index contributed by atoms with van der Waals surface area (Å²) in [5.74, 6) is -0.372. The Bertz CT molecular complexity index is 620. The molecule has 0 fully saturated rings. The normalized spacial score (nSPS) is 12.5. The minimum absolute atomic E-state index is 0.0965. The van der Waals surface area contributed by atoms with E-state index in [0.29, 0.717) is 26.2 Å². The first-order chi connectivity index (χ1) is 9.43. The third-order valence-corrected chi connectivity index (χ3v) is 4.01. The highest BCUT2D eigenvalue weighted by atomic mass is 35.5. The SMILES string of the molecule is CNC(C)c1ccc(F)c(-c2c(Cl)cc(Cl)cc2Cl)c1. The summed E-state index contributed by atoms with van der Waals surface area (Å²) in [6, 6.07) is 8.10. The van der Waals surface area contributed by atoms with Gasteiger partial charge < -0.3 is 5.32 Å². The smallest absolute Gasteiger partial charge is 0.131 e. The van der Waals surface area contributed by atoms with Crippen LogP contribution in [0.3, 0.4) is 0 Å². The van der Waals surface area contributed by atoms with E-state index in [4.69, 9.17) is 34.8 Å². The first kappa shape index (κ1) is 15.6. The fourth-order valence-corrected chi connectivity index (χ4v) is 2.99. The van der Waals surface area contributed by atoms with Crippen molar-refractivity contribution in [3.05, 3.63) is 56.8 Å². The molecule has 2 aromatic carbocycles. The van der Waals surface area contributed by atoms with Crippen LogP contribution in [-0.4, -0.2) is 7.05 Å². The standard InChI is InChI=1S/C15H13Cl3FN/c1-8(20-2)9-3-4-14(19)11(5-9)15-12(17)6-10(16)7-13(15)18/h3-8,20H,1-2H3. The van der Waals surface area contributed by atoms with Crippen molar-refractivity contribution in [3.8, 4) is 11.1 Å². The first-order valence-corrected chi connectivity index (χ1v) is 7.19. The molecule has 106 valence electrons. The Balaban J connectivity index is 2.63. The number of halogens is 4. The van der Waals surface area contributed by atoms with E-state index in [1.165, 1.54) is 6.07 Å². The molecule has 1 nitrogen and oxygen atoms in total. The van der Waals surface area contributed by atoms with Crippen LogP contribution >= 0.6 is 34.8 Å². The molecule has 0 aliphatic rings. The molecule has 1 N–H and O–H groups in total. The monoisotopic (exact) mass is 331 g/mol. The zero-order valence-electron chi connectivity index (χ0n) is 11.0. The Kier molecular flexibility index (Phi) is 4.92. The molecular weight excluding hydrogens is 320 g/mol. The highest BCUT2D eigenvalue weighted by molar-refractivity contribution is 6.41. The lowest BCUT2D eigenvalue weighted by atomic mass is 9.99. The topological polar surface area (TPSA) is 12.0 Å². The molecule has 20 heavy (non-hydrogen) atoms. The van der Waals surface area contributed by atoms with Gasteiger partial charge in [0.15, 0.2) is 0 Å². The van der Waals surface area contributed by atoms with Crippen molar-refractivity contribution < 1.29 is 4.39 Å². The van der Waals surface area contributed by atoms with Gasteiger partial charge in [-0.3, -0.25) is 0 Å². The Labute approximate surface area is 132 Å². The number of rotatable bonds is 3. The predicted molar refractivity (Wildman–Crippen MR) is 84.3 cm³/mol. The summed E-state index contributed by atoms with van der Waals surface area (Å²) in [6.07, 6.45) is 0. The fourth-order valence-electron chi connectivity index (χ4n) is 1.97. The Morgan fingerprint density at radius 1 is 1.05 bits per heavy atom. The van der Waals surface area contributed by atoms with Gasteiger partial charge in [0.1, 0.15) is 5.82 Å². The van der Waals surface area contributed by atoms with E-state index >= 15 is 0 Å². The second kappa shape index (κ2) is 6.31. The maximum atomic E-state index is 14.1. The third-order valence-electron chi connectivity index (χ3n) is 3.20. The van der Waals surface area contributed by atoms with Crippen LogP contribution in [0.25, 0.3) is 11.1 Å². The van der Waals surface area contributed by atoms with Crippen molar-refractivity contribution in [1.29, 1.82) is 0 Å². The summed E-state index contributed by atoms with van der Waals surface area (Å²) in [7, 11) is 1.84. The molecule has 0 bridgehead atoms. The summed E-state index contributed by atoms with van der Waals surface area (Å²) in [5, 5.41) is 4.19. The van der Waals surface area contributed by atoms with Crippen molar-refractivity contribution in [1.82, 2.24) is 5.32 Å². The maximum Gasteiger partial charge on any atom is 0.131 e. The maximum absolute atomic E-state index is 14.1. The molecule has 0 amide bonds. The number of hydrogen-bond donors (Lipinski definition) is 1. The fraction of sp³-hybridized carbons (Fsp3) is 0.200. The second-order valence-corrected chi connectivity index (χ2v) is 5.74. The van der Waals surface area contributed by atoms with Crippen molar-refractivity contribution in [2.24, 2.45) is 0 Å². The molecule has 1 unspecified atom stereocenters. The molecule has 0 spiro atoms. The van der Waals surface area contributed by atoms with E-state index in [2.05, 4.69) is 5.32 Å². The molecule has 5 heteroatoms. The van der Waals surface area contributed by atoms with Gasteiger partial charge in [0.05, 0.1) is 10.0 Å². The summed E-state index contributed by atoms with van der Waals surface area (Å²) in [4.78, 5) is 0. The van der Waals surface area contributed by atoms with Crippen LogP contribution in [0.2, 0.25) is 15.1 Å². The molecule has 0 radical (unpaired) electrons. The van der Waals surface area contributed by atoms with Gasteiger partial charge in [0, 0.05) is 22.2 Å². The van der Waals surface area contributed by atoms with Crippen molar-refractivity contribution >= 4 is 34.8 Å². The summed E-state index contributed by atoms with van der Waals surface area (Å²) in [6.45, 7) is 1.99. The molecule has 2 rings (SSSR count). The van der Waals surface area contributed by atoms with Crippen LogP contribution in [0.4, 0.5) is 4.39 Å². The van der Waals surface area contributed by atoms with Gasteiger partial charge in [-0.05, 0) is 43.8 Å². The Morgan fingerprint density at radius 3 is 2.20 bits per heavy atom. The van der Waals surface area contributed by atoms with Crippen LogP contribution in [-0.2, 0) is 0 Å². The quantitative estimate of drug-likeness (QED) is 0.756. The number of benzene rings is 2. The van der Waals surface area contributed by atoms with Crippen LogP contribution in [0.1, 0.15) is 18.5 Å². The molecule has 0 heterocycles. The molecule has 0 aromatic heterocycles. The van der Waals surface area contributed by atoms with Crippen molar-refractivity contribution in [3.63, 3.8) is 0 Å². The van der Waals surface area contributed by atoms with Gasteiger partial charge in [-0.2, -0.15) is 0 Å². The zero-order valence-corrected chi connectivity index (χ0v) is 13.2. The van der Waals surface area contributed by atoms with Crippen molar-refractivity contribution in [2.75, 3.05) is 7.05 Å². The van der Waals surface area contributed by atoms with Crippen molar-refractivity contribution in [2.45, 2.75) is 13.0 Å². The largest absolute Gasteiger partial charge is 0.313 e. The van der Waals surface area contributed by atoms with E-state index in [1.54, 1.807) is 24.3 Å². The second-order valence-electron chi connectivity index (χ2n) is 4.49. The lowest BCUT2D eigenvalue weighted by Crippen LogP contribution is -2.12. The predicted octanol–water partition coefficient (Wildman–Crippen LogP) is 5.73. The molecule has 0 aliphatic carbocycles. The molecule has 1 atom stereocenters. The van der Waals surface area contributed by atoms with E-state index in [0.717, 1.165) is 5.56 Å². The van der Waals surface area contributed by atoms with Gasteiger partial charge in [-0.25, -0.2) is 4.39 Å². The summed E-state index contributed by atoms with van der Waals surface area (Å²) >= 11 is 18.2. The Hall–Kier alpha value is -0.800. The van der Waals surface area contributed by atoms with Gasteiger partial charge in [-0.15, -0.1) is 0 Å². The lowest BCUT2D eigenvalue weighted by molar-refractivity contribution is 0.622. The van der Waals surface area contributed by atoms with Crippen LogP contribution in [0.5, 0.6) is 0 Å². The van der Waals surface area contributed by atoms with Crippen LogP contribution < -0.4 is 5.32 Å². The minimum atomic E-state index is -0.372. The minimum Gasteiger partial charge on any atom is -0.313 e. The summed E-state index contributed by atoms with van der Waals surface area (Å²) < 4.78 is 14.1. The van der Waals surface area contributed by atoms with Crippen LogP contribution in [0.15, 0.2) is 30.3 Å². The van der Waals surface area contributed by atoms with E-state index in [9.17, 15) is 4.39 Å². The zero-order chi connectivity index (χ0) is 14.9. The van der Waals surface area contributed by atoms with E-state index < -0.39 is 0 Å². The number of nitrogens with one attached hydrogen (secondary N) is 1. The molecule has 0 saturated heterocycles. The highest BCUT2D eigenvalue weighted by Crippen LogP contribution is 2.39. The molecule has 0 saturated carbocycles. The van der Waals surface area contributed by atoms with E-state index in [1.807, 2.05) is 14.0 Å². The van der Waals surface area contributed by atoms with Gasteiger partial charge in [-0.1, -0.05) is 40.9 Å². The average Bonchev–Trinajstić information content (AvgIpc) is 2.38. The first-order valence-electron chi connectivity index (χ1n) is 6.05. The molecule has 2 aromatic rings. The van der Waals surface area contributed by atoms with Gasteiger partial charge in [0.25, 0.3) is 0 Å². The van der Waals surface area contributed by atoms with Gasteiger partial charge >= 0.3 is 0 Å². The van der Waals surface area contributed by atoms with E-state index in [-0.39, 0.29) is 11.9 Å². The third kappa shape index (κ3) is 3.09.